The number of hydrogen-bond acceptors (Lipinski definition) is 7. The molecule has 6 rings (SSSR count). The van der Waals surface area contributed by atoms with Crippen LogP contribution in [0.25, 0.3) is 44.1 Å². The predicted molar refractivity (Wildman–Crippen MR) is 171 cm³/mol. The fraction of sp³-hybridized carbons (Fsp3) is 0.111. The second kappa shape index (κ2) is 13.0. The molecule has 7 heteroatoms. The van der Waals surface area contributed by atoms with Gasteiger partial charge in [-0.1, -0.05) is 41.6 Å². The monoisotopic (exact) mass is 569 g/mol. The van der Waals surface area contributed by atoms with Crippen LogP contribution in [-0.2, 0) is 0 Å². The first-order chi connectivity index (χ1) is 20.9. The van der Waals surface area contributed by atoms with E-state index in [1.807, 2.05) is 84.9 Å². The van der Waals surface area contributed by atoms with Crippen molar-refractivity contribution in [3.05, 3.63) is 121 Å². The van der Waals surface area contributed by atoms with Gasteiger partial charge in [0.25, 0.3) is 0 Å². The van der Waals surface area contributed by atoms with Crippen molar-refractivity contribution in [2.24, 2.45) is 5.16 Å². The smallest absolute Gasteiger partial charge is 0.163 e. The molecule has 0 atom stereocenters. The highest BCUT2D eigenvalue weighted by atomic mass is 16.5. The van der Waals surface area contributed by atoms with E-state index in [4.69, 9.17) is 14.7 Å². The Bertz CT molecular complexity index is 1940. The van der Waals surface area contributed by atoms with Crippen LogP contribution in [0.3, 0.4) is 0 Å². The highest BCUT2D eigenvalue weighted by Gasteiger charge is 2.13. The molecule has 4 aromatic carbocycles. The van der Waals surface area contributed by atoms with Crippen molar-refractivity contribution in [2.45, 2.75) is 13.8 Å². The Balaban J connectivity index is 0.000000171. The average Bonchev–Trinajstić information content (AvgIpc) is 3.07. The lowest BCUT2D eigenvalue weighted by Crippen LogP contribution is -1.99. The number of oxime groups is 1. The van der Waals surface area contributed by atoms with Gasteiger partial charge in [0.1, 0.15) is 11.5 Å². The van der Waals surface area contributed by atoms with Crippen LogP contribution in [0.2, 0.25) is 0 Å². The summed E-state index contributed by atoms with van der Waals surface area (Å²) in [5.74, 6) is 1.34. The fourth-order valence-corrected chi connectivity index (χ4v) is 5.04. The number of nitrogens with zero attached hydrogens (tertiary/aromatic N) is 3. The Hall–Kier alpha value is -5.56. The molecule has 6 aromatic rings. The lowest BCUT2D eigenvalue weighted by atomic mass is 9.99. The highest BCUT2D eigenvalue weighted by Crippen LogP contribution is 2.34. The first kappa shape index (κ1) is 29.0. The van der Waals surface area contributed by atoms with E-state index in [0.29, 0.717) is 22.8 Å². The summed E-state index contributed by atoms with van der Waals surface area (Å²) in [7, 11) is 3.21. The average molecular weight is 570 g/mol. The largest absolute Gasteiger partial charge is 0.495 e. The van der Waals surface area contributed by atoms with Crippen molar-refractivity contribution in [1.29, 1.82) is 0 Å². The number of ketones is 1. The number of rotatable bonds is 6. The molecule has 0 saturated carbocycles. The number of ether oxygens (including phenoxy) is 2. The molecule has 0 aliphatic heterocycles. The number of carbonyl (C=O) groups excluding carboxylic acids is 1. The second-order valence-electron chi connectivity index (χ2n) is 9.84. The van der Waals surface area contributed by atoms with Crippen LogP contribution in [0, 0.1) is 0 Å². The summed E-state index contributed by atoms with van der Waals surface area (Å²) in [6.07, 6.45) is 3.56. The van der Waals surface area contributed by atoms with Gasteiger partial charge in [0.15, 0.2) is 5.78 Å². The van der Waals surface area contributed by atoms with Crippen LogP contribution < -0.4 is 9.47 Å². The number of methoxy groups -OCH3 is 2. The van der Waals surface area contributed by atoms with Crippen molar-refractivity contribution in [3.63, 3.8) is 0 Å². The Kier molecular flexibility index (Phi) is 8.72. The zero-order chi connectivity index (χ0) is 30.3. The van der Waals surface area contributed by atoms with Crippen LogP contribution in [0.5, 0.6) is 11.5 Å². The maximum absolute atomic E-state index is 11.7. The first-order valence-corrected chi connectivity index (χ1v) is 13.7. The third kappa shape index (κ3) is 6.06. The van der Waals surface area contributed by atoms with Crippen LogP contribution in [0.1, 0.15) is 29.8 Å². The van der Waals surface area contributed by atoms with Crippen molar-refractivity contribution < 1.29 is 19.5 Å². The van der Waals surface area contributed by atoms with Crippen molar-refractivity contribution in [1.82, 2.24) is 9.97 Å². The number of pyridine rings is 2. The number of fused-ring (bicyclic) bond motifs is 2. The summed E-state index contributed by atoms with van der Waals surface area (Å²) < 4.78 is 10.9. The molecular formula is C36H31N3O4. The minimum Gasteiger partial charge on any atom is -0.495 e. The number of aromatic nitrogens is 2. The predicted octanol–water partition coefficient (Wildman–Crippen LogP) is 8.22. The third-order valence-electron chi connectivity index (χ3n) is 7.19. The Morgan fingerprint density at radius 1 is 0.651 bits per heavy atom. The molecule has 0 aliphatic carbocycles. The summed E-state index contributed by atoms with van der Waals surface area (Å²) in [5, 5.41) is 16.3. The maximum Gasteiger partial charge on any atom is 0.163 e. The summed E-state index contributed by atoms with van der Waals surface area (Å²) in [5.41, 5.74) is 5.86. The molecule has 1 N–H and O–H groups in total. The first-order valence-electron chi connectivity index (χ1n) is 13.7. The van der Waals surface area contributed by atoms with Crippen LogP contribution in [0.15, 0.2) is 115 Å². The second-order valence-corrected chi connectivity index (χ2v) is 9.84. The molecule has 214 valence electrons. The molecule has 0 saturated heterocycles. The summed E-state index contributed by atoms with van der Waals surface area (Å²) in [4.78, 5) is 20.4. The van der Waals surface area contributed by atoms with E-state index >= 15 is 0 Å². The molecule has 7 nitrogen and oxygen atoms in total. The molecule has 0 bridgehead atoms. The van der Waals surface area contributed by atoms with E-state index in [2.05, 4.69) is 27.3 Å². The number of benzene rings is 4. The van der Waals surface area contributed by atoms with Gasteiger partial charge in [0.05, 0.1) is 36.9 Å². The molecule has 2 heterocycles. The van der Waals surface area contributed by atoms with E-state index in [9.17, 15) is 4.79 Å². The van der Waals surface area contributed by atoms with Gasteiger partial charge in [-0.05, 0) is 85.3 Å². The van der Waals surface area contributed by atoms with E-state index in [1.54, 1.807) is 40.5 Å². The molecular weight excluding hydrogens is 538 g/mol. The zero-order valence-corrected chi connectivity index (χ0v) is 24.4. The summed E-state index contributed by atoms with van der Waals surface area (Å²) >= 11 is 0. The number of carbonyl (C=O) groups is 1. The standard InChI is InChI=1S/C18H16N2O2.C18H15NO2/c1-12(20-21)15-8-6-13-11-14(17-5-3-4-10-19-17)7-9-16(13)18(15)22-2;1-12(20)15-8-6-13-11-14(17-5-3-4-10-19-17)7-9-16(13)18(15)21-2/h3-11,21H,1-2H3;3-11H,1-2H3. The molecule has 0 aliphatic rings. The Labute approximate surface area is 250 Å². The SMILES string of the molecule is COc1c(C(C)=NO)ccc2cc(-c3ccccn3)ccc12.COc1c(C(C)=O)ccc2cc(-c3ccccn3)ccc12. The van der Waals surface area contributed by atoms with Crippen LogP contribution in [-0.4, -0.2) is 40.9 Å². The van der Waals surface area contributed by atoms with E-state index in [-0.39, 0.29) is 5.78 Å². The fourth-order valence-electron chi connectivity index (χ4n) is 5.04. The van der Waals surface area contributed by atoms with Gasteiger partial charge in [-0.2, -0.15) is 0 Å². The number of hydrogen-bond donors (Lipinski definition) is 1. The Morgan fingerprint density at radius 2 is 1.14 bits per heavy atom. The molecule has 2 aromatic heterocycles. The van der Waals surface area contributed by atoms with Gasteiger partial charge in [0, 0.05) is 39.9 Å². The Morgan fingerprint density at radius 3 is 1.56 bits per heavy atom. The molecule has 0 unspecified atom stereocenters. The van der Waals surface area contributed by atoms with E-state index in [1.165, 1.54) is 0 Å². The number of Topliss-reactive ketones (excluding diaryl/α,β-unsaturated/α-hetero) is 1. The van der Waals surface area contributed by atoms with Crippen molar-refractivity contribution in [3.8, 4) is 34.0 Å². The van der Waals surface area contributed by atoms with Crippen LogP contribution >= 0.6 is 0 Å². The van der Waals surface area contributed by atoms with Gasteiger partial charge in [0.2, 0.25) is 0 Å². The minimum atomic E-state index is 0.00236. The van der Waals surface area contributed by atoms with Gasteiger partial charge >= 0.3 is 0 Å². The minimum absolute atomic E-state index is 0.00236. The molecule has 0 radical (unpaired) electrons. The van der Waals surface area contributed by atoms with Gasteiger partial charge in [-0.25, -0.2) is 0 Å². The van der Waals surface area contributed by atoms with Gasteiger partial charge in [-0.3, -0.25) is 14.8 Å². The molecule has 43 heavy (non-hydrogen) atoms. The normalized spacial score (nSPS) is 11.1. The lowest BCUT2D eigenvalue weighted by Gasteiger charge is -2.12. The lowest BCUT2D eigenvalue weighted by molar-refractivity contribution is 0.101. The quantitative estimate of drug-likeness (QED) is 0.0940. The highest BCUT2D eigenvalue weighted by molar-refractivity contribution is 6.07. The van der Waals surface area contributed by atoms with Crippen molar-refractivity contribution in [2.75, 3.05) is 14.2 Å². The molecule has 0 fully saturated rings. The third-order valence-corrected chi connectivity index (χ3v) is 7.19. The van der Waals surface area contributed by atoms with Crippen molar-refractivity contribution >= 4 is 33.0 Å². The van der Waals surface area contributed by atoms with E-state index in [0.717, 1.165) is 49.6 Å². The van der Waals surface area contributed by atoms with Crippen LogP contribution in [0.4, 0.5) is 0 Å². The topological polar surface area (TPSA) is 93.9 Å². The van der Waals surface area contributed by atoms with Gasteiger partial charge < -0.3 is 14.7 Å². The maximum atomic E-state index is 11.7. The molecule has 0 amide bonds. The molecule has 0 spiro atoms. The van der Waals surface area contributed by atoms with E-state index < -0.39 is 0 Å². The summed E-state index contributed by atoms with van der Waals surface area (Å²) in [6, 6.07) is 31.5. The zero-order valence-electron chi connectivity index (χ0n) is 24.4. The van der Waals surface area contributed by atoms with Gasteiger partial charge in [-0.15, -0.1) is 0 Å². The summed E-state index contributed by atoms with van der Waals surface area (Å²) in [6.45, 7) is 3.29.